The van der Waals surface area contributed by atoms with Gasteiger partial charge in [-0.3, -0.25) is 4.79 Å². The minimum atomic E-state index is -5.39. The van der Waals surface area contributed by atoms with Crippen LogP contribution in [0, 0.1) is 0 Å². The number of aliphatic hydroxyl groups excluding tert-OH is 4. The van der Waals surface area contributed by atoms with Crippen molar-refractivity contribution in [3.8, 4) is 22.6 Å². The molecule has 5 atom stereocenters. The summed E-state index contributed by atoms with van der Waals surface area (Å²) in [4.78, 5) is 13.3. The van der Waals surface area contributed by atoms with E-state index in [1.54, 1.807) is 0 Å². The molecule has 1 aliphatic rings. The van der Waals surface area contributed by atoms with Gasteiger partial charge in [-0.25, -0.2) is 16.8 Å². The van der Waals surface area contributed by atoms with E-state index in [0.717, 1.165) is 30.5 Å². The van der Waals surface area contributed by atoms with Gasteiger partial charge in [0.1, 0.15) is 48.1 Å². The van der Waals surface area contributed by atoms with E-state index < -0.39 is 80.2 Å². The Morgan fingerprint density at radius 3 is 2.00 bits per heavy atom. The second-order valence-corrected chi connectivity index (χ2v) is 10.1. The number of ether oxygens (including phenoxy) is 1. The van der Waals surface area contributed by atoms with Gasteiger partial charge in [0.15, 0.2) is 5.75 Å². The van der Waals surface area contributed by atoms with Crippen LogP contribution < -0.4 is 72.9 Å². The summed E-state index contributed by atoms with van der Waals surface area (Å²) in [5.74, 6) is -1.03. The summed E-state index contributed by atoms with van der Waals surface area (Å²) in [6.07, 6.45) is -7.88. The topological polar surface area (TPSA) is 253 Å². The monoisotopic (exact) mass is 620 g/mol. The van der Waals surface area contributed by atoms with Crippen molar-refractivity contribution >= 4 is 31.8 Å². The summed E-state index contributed by atoms with van der Waals surface area (Å²) in [6, 6.07) is 6.66. The maximum Gasteiger partial charge on any atom is 1.00 e. The van der Waals surface area contributed by atoms with Crippen molar-refractivity contribution in [1.29, 1.82) is 0 Å². The summed E-state index contributed by atoms with van der Waals surface area (Å²) in [5, 5.41) is 40.1. The van der Waals surface area contributed by atoms with Crippen molar-refractivity contribution < 1.29 is 123 Å². The number of fused-ring (bicyclic) bond motifs is 1. The van der Waals surface area contributed by atoms with Crippen LogP contribution in [0.4, 0.5) is 0 Å². The molecule has 4 rings (SSSR count). The van der Waals surface area contributed by atoms with Crippen molar-refractivity contribution in [2.24, 2.45) is 0 Å². The van der Waals surface area contributed by atoms with E-state index in [0.29, 0.717) is 0 Å². The Kier molecular flexibility index (Phi) is 11.8. The summed E-state index contributed by atoms with van der Waals surface area (Å²) in [7, 11) is -10.4. The van der Waals surface area contributed by atoms with Crippen molar-refractivity contribution in [1.82, 2.24) is 0 Å². The second-order valence-electron chi connectivity index (χ2n) is 8.09. The van der Waals surface area contributed by atoms with Crippen molar-refractivity contribution in [3.63, 3.8) is 0 Å². The Balaban J connectivity index is 0.00000280. The zero-order chi connectivity index (χ0) is 28.0. The summed E-state index contributed by atoms with van der Waals surface area (Å²) in [5.41, 5.74) is -1.51. The fourth-order valence-electron chi connectivity index (χ4n) is 4.00. The fraction of sp³-hybridized carbons (Fsp3) is 0.286. The van der Waals surface area contributed by atoms with Crippen LogP contribution in [0.5, 0.6) is 11.5 Å². The molecule has 1 aromatic heterocycles. The summed E-state index contributed by atoms with van der Waals surface area (Å²) < 4.78 is 85.9. The minimum absolute atomic E-state index is 0. The number of hydrogen-bond donors (Lipinski definition) is 4. The number of rotatable bonds is 7. The zero-order valence-corrected chi connectivity index (χ0v) is 26.4. The average molecular weight is 620 g/mol. The fourth-order valence-corrected chi connectivity index (χ4v) is 4.72. The molecule has 2 aromatic carbocycles. The standard InChI is InChI=1S/C21H20O15S2.2Na/c22-7-14-17(24)18(25)19(26)21(34-14)15-13(36-38(30,31)32)6-5-11-16(23)12(8-33-20(11)15)9-1-3-10(4-2-9)35-37(27,28)29;;/h1-6,8,14,17-19,21-22,24-26H,7H2,(H,27,28,29)(H,30,31,32);;/q;2*+1/p-2/t14-,17-,18+,19-,21+;;/m1../s1. The van der Waals surface area contributed by atoms with Gasteiger partial charge >= 0.3 is 59.1 Å². The van der Waals surface area contributed by atoms with Crippen LogP contribution in [0.2, 0.25) is 0 Å². The molecule has 0 spiro atoms. The van der Waals surface area contributed by atoms with Gasteiger partial charge in [0.2, 0.25) is 5.43 Å². The molecule has 0 saturated carbocycles. The van der Waals surface area contributed by atoms with Crippen LogP contribution in [-0.4, -0.2) is 77.4 Å². The first kappa shape index (κ1) is 35.1. The smallest absolute Gasteiger partial charge is 0.716 e. The Morgan fingerprint density at radius 1 is 0.850 bits per heavy atom. The van der Waals surface area contributed by atoms with Crippen LogP contribution in [0.3, 0.4) is 0 Å². The number of benzene rings is 2. The molecule has 15 nitrogen and oxygen atoms in total. The van der Waals surface area contributed by atoms with Gasteiger partial charge in [-0.1, -0.05) is 12.1 Å². The van der Waals surface area contributed by atoms with Crippen molar-refractivity contribution in [2.45, 2.75) is 30.5 Å². The van der Waals surface area contributed by atoms with Crippen LogP contribution in [0.25, 0.3) is 22.1 Å². The van der Waals surface area contributed by atoms with Crippen LogP contribution in [-0.2, 0) is 25.5 Å². The van der Waals surface area contributed by atoms with Crippen LogP contribution in [0.1, 0.15) is 11.7 Å². The molecule has 19 heteroatoms. The SMILES string of the molecule is O=c1c(-c2ccc(OS(=O)(=O)[O-])cc2)coc2c([C@@H]3O[C@H](CO)[C@@H](O)[C@H](O)[C@H]3O)c(OS(=O)(=O)[O-])ccc12.[Na+].[Na+]. The van der Waals surface area contributed by atoms with Gasteiger partial charge in [-0.05, 0) is 29.8 Å². The first-order chi connectivity index (χ1) is 17.7. The first-order valence-corrected chi connectivity index (χ1v) is 13.2. The molecular weight excluding hydrogens is 602 g/mol. The number of hydrogen-bond acceptors (Lipinski definition) is 15. The third-order valence-electron chi connectivity index (χ3n) is 5.67. The maximum absolute atomic E-state index is 13.3. The van der Waals surface area contributed by atoms with E-state index in [-0.39, 0.29) is 81.4 Å². The molecule has 0 bridgehead atoms. The quantitative estimate of drug-likeness (QED) is 0.109. The molecule has 0 unspecified atom stereocenters. The Hall–Kier alpha value is -1.13. The molecule has 1 aliphatic heterocycles. The third-order valence-corrected chi connectivity index (χ3v) is 6.45. The molecule has 2 heterocycles. The maximum atomic E-state index is 13.3. The van der Waals surface area contributed by atoms with Gasteiger partial charge in [-0.15, -0.1) is 0 Å². The predicted octanol–water partition coefficient (Wildman–Crippen LogP) is -7.34. The van der Waals surface area contributed by atoms with Crippen LogP contribution in [0.15, 0.2) is 51.9 Å². The van der Waals surface area contributed by atoms with Crippen molar-refractivity contribution in [3.05, 3.63) is 58.4 Å². The van der Waals surface area contributed by atoms with E-state index in [1.807, 2.05) is 0 Å². The normalized spacial score (nSPS) is 23.1. The first-order valence-electron chi connectivity index (χ1n) is 10.5. The second kappa shape index (κ2) is 13.4. The molecule has 0 aliphatic carbocycles. The molecule has 1 fully saturated rings. The predicted molar refractivity (Wildman–Crippen MR) is 121 cm³/mol. The summed E-state index contributed by atoms with van der Waals surface area (Å²) >= 11 is 0. The van der Waals surface area contributed by atoms with Gasteiger partial charge in [0.25, 0.3) is 20.8 Å². The van der Waals surface area contributed by atoms with E-state index in [4.69, 9.17) is 9.15 Å². The Labute approximate surface area is 270 Å². The van der Waals surface area contributed by atoms with E-state index in [9.17, 15) is 51.2 Å². The molecule has 206 valence electrons. The third kappa shape index (κ3) is 7.63. The van der Waals surface area contributed by atoms with Gasteiger partial charge in [0, 0.05) is 0 Å². The molecule has 3 aromatic rings. The van der Waals surface area contributed by atoms with Gasteiger partial charge in [0.05, 0.1) is 23.1 Å². The Morgan fingerprint density at radius 2 is 1.45 bits per heavy atom. The van der Waals surface area contributed by atoms with Gasteiger partial charge in [-0.2, -0.15) is 0 Å². The molecule has 1 saturated heterocycles. The van der Waals surface area contributed by atoms with Gasteiger partial charge < -0.3 is 47.1 Å². The minimum Gasteiger partial charge on any atom is -0.716 e. The number of aliphatic hydroxyl groups is 4. The average Bonchev–Trinajstić information content (AvgIpc) is 2.82. The summed E-state index contributed by atoms with van der Waals surface area (Å²) in [6.45, 7) is -0.830. The largest absolute Gasteiger partial charge is 1.00 e. The van der Waals surface area contributed by atoms with E-state index >= 15 is 0 Å². The zero-order valence-electron chi connectivity index (χ0n) is 20.7. The van der Waals surface area contributed by atoms with Crippen LogP contribution >= 0.6 is 0 Å². The van der Waals surface area contributed by atoms with E-state index in [1.165, 1.54) is 12.1 Å². The molecular formula is C21H18Na2O15S2. The molecule has 0 radical (unpaired) electrons. The molecule has 0 amide bonds. The molecule has 4 N–H and O–H groups in total. The van der Waals surface area contributed by atoms with Crippen molar-refractivity contribution in [2.75, 3.05) is 6.61 Å². The Bertz CT molecular complexity index is 1620. The molecule has 40 heavy (non-hydrogen) atoms. The van der Waals surface area contributed by atoms with E-state index in [2.05, 4.69) is 8.37 Å².